The van der Waals surface area contributed by atoms with Gasteiger partial charge < -0.3 is 23.8 Å². The molecule has 0 aromatic carbocycles. The third kappa shape index (κ3) is 6.33. The van der Waals surface area contributed by atoms with Crippen molar-refractivity contribution in [3.05, 3.63) is 24.0 Å². The van der Waals surface area contributed by atoms with Crippen molar-refractivity contribution >= 4 is 39.1 Å². The van der Waals surface area contributed by atoms with Crippen molar-refractivity contribution in [2.24, 2.45) is 17.8 Å². The zero-order valence-electron chi connectivity index (χ0n) is 26.9. The highest BCUT2D eigenvalue weighted by Crippen LogP contribution is 2.59. The summed E-state index contributed by atoms with van der Waals surface area (Å²) in [5, 5.41) is 5.12. The van der Waals surface area contributed by atoms with Crippen LogP contribution in [0.5, 0.6) is 0 Å². The van der Waals surface area contributed by atoms with E-state index < -0.39 is 16.4 Å². The van der Waals surface area contributed by atoms with Crippen LogP contribution in [0.3, 0.4) is 0 Å². The molecule has 4 aliphatic carbocycles. The van der Waals surface area contributed by atoms with E-state index in [1.54, 1.807) is 6.20 Å². The normalized spacial score (nSPS) is 27.9. The van der Waals surface area contributed by atoms with Gasteiger partial charge in [-0.3, -0.25) is 0 Å². The third-order valence-electron chi connectivity index (χ3n) is 10.3. The predicted molar refractivity (Wildman–Crippen MR) is 172 cm³/mol. The van der Waals surface area contributed by atoms with Crippen LogP contribution in [0.25, 0.3) is 11.0 Å². The zero-order valence-corrected chi connectivity index (χ0v) is 28.9. The minimum absolute atomic E-state index is 0.0196. The number of hydrogen-bond acceptors (Lipinski definition) is 6. The summed E-state index contributed by atoms with van der Waals surface area (Å²) in [6.07, 6.45) is 9.65. The first-order valence-corrected chi connectivity index (χ1v) is 22.4. The summed E-state index contributed by atoms with van der Waals surface area (Å²) < 4.78 is 20.8. The summed E-state index contributed by atoms with van der Waals surface area (Å²) in [5.74, 6) is 1.50. The molecule has 1 N–H and O–H groups in total. The Labute approximate surface area is 249 Å². The van der Waals surface area contributed by atoms with Gasteiger partial charge in [0.1, 0.15) is 17.9 Å². The number of rotatable bonds is 11. The van der Waals surface area contributed by atoms with Gasteiger partial charge in [0.15, 0.2) is 8.32 Å². The van der Waals surface area contributed by atoms with Gasteiger partial charge in [-0.1, -0.05) is 40.4 Å². The molecule has 4 aliphatic rings. The van der Waals surface area contributed by atoms with Crippen molar-refractivity contribution in [2.75, 3.05) is 18.5 Å². The van der Waals surface area contributed by atoms with E-state index >= 15 is 0 Å². The topological polar surface area (TPSA) is 74.6 Å². The Morgan fingerprint density at radius 3 is 2.41 bits per heavy atom. The Kier molecular flexibility index (Phi) is 8.33. The average molecular weight is 600 g/mol. The molecule has 0 spiro atoms. The van der Waals surface area contributed by atoms with Gasteiger partial charge in [-0.05, 0) is 87.0 Å². The second kappa shape index (κ2) is 11.1. The number of carbonyl (C=O) groups is 1. The van der Waals surface area contributed by atoms with Crippen LogP contribution in [0.2, 0.25) is 43.8 Å². The number of ether oxygens (including phenoxy) is 2. The lowest BCUT2D eigenvalue weighted by Crippen LogP contribution is -2.63. The lowest BCUT2D eigenvalue weighted by Gasteiger charge is -2.62. The van der Waals surface area contributed by atoms with Crippen molar-refractivity contribution in [1.82, 2.24) is 9.55 Å². The first-order chi connectivity index (χ1) is 19.1. The first kappa shape index (κ1) is 30.8. The molecule has 4 fully saturated rings. The molecule has 0 saturated heterocycles. The minimum atomic E-state index is -1.88. The SMILES string of the molecule is CCOC(=O)c1cnc2c(ccn2COCC[Si](C)(C)C)c1N[C@H]1[C@@H]2CC3C[C@H]1C[C@@](O[Si](C)(C)C(C)(C)C)(C3)C2. The lowest BCUT2D eigenvalue weighted by atomic mass is 9.52. The van der Waals surface area contributed by atoms with E-state index in [1.165, 1.54) is 19.3 Å². The van der Waals surface area contributed by atoms with Crippen molar-refractivity contribution in [3.63, 3.8) is 0 Å². The van der Waals surface area contributed by atoms with Gasteiger partial charge in [0.25, 0.3) is 0 Å². The highest BCUT2D eigenvalue weighted by atomic mass is 28.4. The number of fused-ring (bicyclic) bond motifs is 1. The molecule has 41 heavy (non-hydrogen) atoms. The molecule has 7 nitrogen and oxygen atoms in total. The second-order valence-electron chi connectivity index (χ2n) is 15.8. The van der Waals surface area contributed by atoms with E-state index in [0.717, 1.165) is 48.1 Å². The number of carbonyl (C=O) groups excluding carboxylic acids is 1. The van der Waals surface area contributed by atoms with Crippen LogP contribution >= 0.6 is 0 Å². The molecule has 1 unspecified atom stereocenters. The standard InChI is InChI=1S/C32H53N3O4Si2/c1-10-38-30(36)26-20-33-29-25(11-12-35(29)21-37-13-14-40(5,6)7)28(26)34-27-23-15-22-16-24(27)19-32(17-22,18-23)39-41(8,9)31(2,3)4/h11-12,20,22-24,27H,10,13-19,21H2,1-9H3,(H,33,34)/t22?,23-,24+,27+,32-. The Bertz CT molecular complexity index is 1250. The molecule has 228 valence electrons. The minimum Gasteiger partial charge on any atom is -0.462 e. The number of nitrogens with zero attached hydrogens (tertiary/aromatic N) is 2. The van der Waals surface area contributed by atoms with Crippen LogP contribution in [0.4, 0.5) is 5.69 Å². The Morgan fingerprint density at radius 2 is 1.80 bits per heavy atom. The number of pyridine rings is 1. The molecule has 5 atom stereocenters. The number of aromatic nitrogens is 2. The van der Waals surface area contributed by atoms with Crippen LogP contribution in [0.15, 0.2) is 18.5 Å². The quantitative estimate of drug-likeness (QED) is 0.161. The summed E-state index contributed by atoms with van der Waals surface area (Å²) in [6.45, 7) is 22.3. The summed E-state index contributed by atoms with van der Waals surface area (Å²) >= 11 is 0. The number of anilines is 1. The van der Waals surface area contributed by atoms with E-state index in [2.05, 4.69) is 69.5 Å². The number of esters is 1. The maximum Gasteiger partial charge on any atom is 0.341 e. The molecule has 9 heteroatoms. The van der Waals surface area contributed by atoms with Gasteiger partial charge in [0, 0.05) is 38.5 Å². The lowest BCUT2D eigenvalue weighted by molar-refractivity contribution is -0.120. The van der Waals surface area contributed by atoms with Gasteiger partial charge in [-0.15, -0.1) is 0 Å². The van der Waals surface area contributed by atoms with Crippen LogP contribution in [0, 0.1) is 17.8 Å². The summed E-state index contributed by atoms with van der Waals surface area (Å²) in [7, 11) is -3.03. The van der Waals surface area contributed by atoms with Gasteiger partial charge >= 0.3 is 5.97 Å². The highest BCUT2D eigenvalue weighted by molar-refractivity contribution is 6.76. The summed E-state index contributed by atoms with van der Waals surface area (Å²) in [5.41, 5.74) is 2.25. The molecule has 2 heterocycles. The smallest absolute Gasteiger partial charge is 0.341 e. The van der Waals surface area contributed by atoms with Gasteiger partial charge in [0.2, 0.25) is 0 Å². The number of hydrogen-bond donors (Lipinski definition) is 1. The van der Waals surface area contributed by atoms with E-state index in [-0.39, 0.29) is 16.6 Å². The van der Waals surface area contributed by atoms with Crippen molar-refractivity contribution in [3.8, 4) is 0 Å². The van der Waals surface area contributed by atoms with Crippen LogP contribution in [-0.4, -0.2) is 56.8 Å². The molecule has 2 aromatic rings. The monoisotopic (exact) mass is 599 g/mol. The van der Waals surface area contributed by atoms with Crippen LogP contribution in [0.1, 0.15) is 70.2 Å². The third-order valence-corrected chi connectivity index (χ3v) is 16.6. The fraction of sp³-hybridized carbons (Fsp3) is 0.750. The maximum absolute atomic E-state index is 13.1. The maximum atomic E-state index is 13.1. The van der Waals surface area contributed by atoms with Gasteiger partial charge in [-0.25, -0.2) is 9.78 Å². The summed E-state index contributed by atoms with van der Waals surface area (Å²) in [4.78, 5) is 17.9. The number of nitrogens with one attached hydrogen (secondary N) is 1. The molecular formula is C32H53N3O4Si2. The van der Waals surface area contributed by atoms with Crippen molar-refractivity contribution in [1.29, 1.82) is 0 Å². The Balaban J connectivity index is 1.40. The van der Waals surface area contributed by atoms with E-state index in [4.69, 9.17) is 18.9 Å². The van der Waals surface area contributed by atoms with Gasteiger partial charge in [0.05, 0.1) is 17.9 Å². The van der Waals surface area contributed by atoms with Crippen LogP contribution in [-0.2, 0) is 20.6 Å². The molecule has 0 amide bonds. The molecule has 2 aromatic heterocycles. The fourth-order valence-electron chi connectivity index (χ4n) is 7.47. The van der Waals surface area contributed by atoms with Crippen molar-refractivity contribution in [2.45, 2.75) is 122 Å². The molecular weight excluding hydrogens is 547 g/mol. The zero-order chi connectivity index (χ0) is 29.8. The van der Waals surface area contributed by atoms with E-state index in [9.17, 15) is 4.79 Å². The second-order valence-corrected chi connectivity index (χ2v) is 26.2. The average Bonchev–Trinajstić information content (AvgIpc) is 3.25. The largest absolute Gasteiger partial charge is 0.462 e. The highest BCUT2D eigenvalue weighted by Gasteiger charge is 2.58. The fourth-order valence-corrected chi connectivity index (χ4v) is 9.87. The molecule has 4 saturated carbocycles. The Morgan fingerprint density at radius 1 is 1.12 bits per heavy atom. The van der Waals surface area contributed by atoms with E-state index in [1.807, 2.05) is 13.1 Å². The van der Waals surface area contributed by atoms with Gasteiger partial charge in [-0.2, -0.15) is 0 Å². The molecule has 0 aliphatic heterocycles. The molecule has 4 bridgehead atoms. The Hall–Kier alpha value is -1.69. The van der Waals surface area contributed by atoms with E-state index in [0.29, 0.717) is 36.8 Å². The first-order valence-electron chi connectivity index (χ1n) is 15.8. The van der Waals surface area contributed by atoms with Crippen LogP contribution < -0.4 is 5.32 Å². The van der Waals surface area contributed by atoms with Crippen molar-refractivity contribution < 1.29 is 18.7 Å². The summed E-state index contributed by atoms with van der Waals surface area (Å²) in [6, 6.07) is 3.52. The molecule has 6 rings (SSSR count). The predicted octanol–water partition coefficient (Wildman–Crippen LogP) is 7.91. The molecule has 0 radical (unpaired) electrons.